The van der Waals surface area contributed by atoms with Gasteiger partial charge in [-0.05, 0) is 30.2 Å². The van der Waals surface area contributed by atoms with E-state index in [0.29, 0.717) is 5.13 Å². The van der Waals surface area contributed by atoms with Gasteiger partial charge in [-0.15, -0.1) is 0 Å². The molecule has 14 heavy (non-hydrogen) atoms. The monoisotopic (exact) mass is 268 g/mol. The number of rotatable bonds is 1. The molecule has 2 nitrogen and oxygen atoms in total. The van der Waals surface area contributed by atoms with Gasteiger partial charge in [0.15, 0.2) is 5.13 Å². The van der Waals surface area contributed by atoms with Crippen LogP contribution in [0.2, 0.25) is 0 Å². The van der Waals surface area contributed by atoms with Crippen LogP contribution in [0.4, 0.5) is 5.13 Å². The van der Waals surface area contributed by atoms with Crippen molar-refractivity contribution in [3.05, 3.63) is 34.4 Å². The fraction of sp³-hybridized carbons (Fsp3) is 0.100. The molecule has 0 saturated heterocycles. The second-order valence-electron chi connectivity index (χ2n) is 3.02. The minimum atomic E-state index is 0.613. The summed E-state index contributed by atoms with van der Waals surface area (Å²) in [5, 5.41) is 0.613. The Hall–Kier alpha value is -0.870. The number of thiazole rings is 1. The minimum Gasteiger partial charge on any atom is -0.375 e. The molecule has 0 radical (unpaired) electrons. The number of hydrogen-bond acceptors (Lipinski definition) is 3. The maximum atomic E-state index is 5.59. The van der Waals surface area contributed by atoms with E-state index in [0.717, 1.165) is 9.35 Å². The summed E-state index contributed by atoms with van der Waals surface area (Å²) in [7, 11) is 0. The first kappa shape index (κ1) is 9.68. The molecule has 0 atom stereocenters. The van der Waals surface area contributed by atoms with Crippen LogP contribution in [0, 0.1) is 6.92 Å². The molecule has 2 rings (SSSR count). The molecule has 0 saturated carbocycles. The molecule has 2 aromatic rings. The fourth-order valence-electron chi connectivity index (χ4n) is 1.32. The summed E-state index contributed by atoms with van der Waals surface area (Å²) in [6.07, 6.45) is 1.82. The number of nitrogen functional groups attached to an aromatic ring is 1. The SMILES string of the molecule is Cc1cc(Br)ccc1-c1cnc(N)s1. The van der Waals surface area contributed by atoms with Gasteiger partial charge < -0.3 is 5.73 Å². The second kappa shape index (κ2) is 3.71. The van der Waals surface area contributed by atoms with Crippen molar-refractivity contribution in [1.29, 1.82) is 0 Å². The molecule has 0 bridgehead atoms. The smallest absolute Gasteiger partial charge is 0.180 e. The molecule has 1 aromatic heterocycles. The summed E-state index contributed by atoms with van der Waals surface area (Å²) in [5.74, 6) is 0. The van der Waals surface area contributed by atoms with Crippen molar-refractivity contribution < 1.29 is 0 Å². The van der Waals surface area contributed by atoms with Gasteiger partial charge >= 0.3 is 0 Å². The highest BCUT2D eigenvalue weighted by Crippen LogP contribution is 2.31. The Morgan fingerprint density at radius 2 is 2.21 bits per heavy atom. The Morgan fingerprint density at radius 1 is 1.43 bits per heavy atom. The maximum Gasteiger partial charge on any atom is 0.180 e. The van der Waals surface area contributed by atoms with E-state index in [4.69, 9.17) is 5.73 Å². The zero-order chi connectivity index (χ0) is 10.1. The molecular weight excluding hydrogens is 260 g/mol. The number of hydrogen-bond donors (Lipinski definition) is 1. The van der Waals surface area contributed by atoms with Crippen molar-refractivity contribution in [1.82, 2.24) is 4.98 Å². The Labute approximate surface area is 94.9 Å². The predicted octanol–water partition coefficient (Wildman–Crippen LogP) is 3.46. The highest BCUT2D eigenvalue weighted by molar-refractivity contribution is 9.10. The second-order valence-corrected chi connectivity index (χ2v) is 5.00. The number of nitrogens with zero attached hydrogens (tertiary/aromatic N) is 1. The Kier molecular flexibility index (Phi) is 2.56. The highest BCUT2D eigenvalue weighted by atomic mass is 79.9. The first-order valence-electron chi connectivity index (χ1n) is 4.14. The molecule has 0 aliphatic carbocycles. The van der Waals surface area contributed by atoms with Crippen molar-refractivity contribution in [2.45, 2.75) is 6.92 Å². The maximum absolute atomic E-state index is 5.59. The molecule has 1 aromatic carbocycles. The molecule has 72 valence electrons. The molecule has 0 aliphatic rings. The Balaban J connectivity index is 2.52. The zero-order valence-corrected chi connectivity index (χ0v) is 10.0. The van der Waals surface area contributed by atoms with Crippen molar-refractivity contribution in [2.24, 2.45) is 0 Å². The van der Waals surface area contributed by atoms with Gasteiger partial charge in [0.2, 0.25) is 0 Å². The van der Waals surface area contributed by atoms with Crippen LogP contribution in [0.15, 0.2) is 28.9 Å². The molecule has 0 aliphatic heterocycles. The van der Waals surface area contributed by atoms with Crippen molar-refractivity contribution in [3.8, 4) is 10.4 Å². The largest absolute Gasteiger partial charge is 0.375 e. The standard InChI is InChI=1S/C10H9BrN2S/c1-6-4-7(11)2-3-8(6)9-5-13-10(12)14-9/h2-5H,1H3,(H2,12,13). The van der Waals surface area contributed by atoms with Crippen LogP contribution in [-0.2, 0) is 0 Å². The van der Waals surface area contributed by atoms with E-state index >= 15 is 0 Å². The lowest BCUT2D eigenvalue weighted by Crippen LogP contribution is -1.79. The summed E-state index contributed by atoms with van der Waals surface area (Å²) < 4.78 is 1.09. The minimum absolute atomic E-state index is 0.613. The lowest BCUT2D eigenvalue weighted by molar-refractivity contribution is 1.41. The molecule has 4 heteroatoms. The predicted molar refractivity (Wildman–Crippen MR) is 64.4 cm³/mol. The number of benzene rings is 1. The number of halogens is 1. The average molecular weight is 269 g/mol. The van der Waals surface area contributed by atoms with Gasteiger partial charge in [0.25, 0.3) is 0 Å². The van der Waals surface area contributed by atoms with Crippen LogP contribution < -0.4 is 5.73 Å². The number of aromatic nitrogens is 1. The average Bonchev–Trinajstić information content (AvgIpc) is 2.51. The van der Waals surface area contributed by atoms with Gasteiger partial charge in [-0.25, -0.2) is 4.98 Å². The van der Waals surface area contributed by atoms with E-state index in [9.17, 15) is 0 Å². The van der Waals surface area contributed by atoms with Gasteiger partial charge in [0.1, 0.15) is 0 Å². The van der Waals surface area contributed by atoms with Gasteiger partial charge in [0, 0.05) is 10.7 Å². The van der Waals surface area contributed by atoms with E-state index in [1.165, 1.54) is 22.5 Å². The van der Waals surface area contributed by atoms with E-state index in [-0.39, 0.29) is 0 Å². The first-order chi connectivity index (χ1) is 6.66. The third-order valence-corrected chi connectivity index (χ3v) is 3.33. The van der Waals surface area contributed by atoms with Gasteiger partial charge in [-0.2, -0.15) is 0 Å². The van der Waals surface area contributed by atoms with Crippen molar-refractivity contribution in [3.63, 3.8) is 0 Å². The van der Waals surface area contributed by atoms with Crippen LogP contribution >= 0.6 is 27.3 Å². The van der Waals surface area contributed by atoms with Crippen molar-refractivity contribution in [2.75, 3.05) is 5.73 Å². The number of anilines is 1. The van der Waals surface area contributed by atoms with Crippen LogP contribution in [0.3, 0.4) is 0 Å². The van der Waals surface area contributed by atoms with Crippen molar-refractivity contribution >= 4 is 32.4 Å². The van der Waals surface area contributed by atoms with Crippen LogP contribution in [0.1, 0.15) is 5.56 Å². The molecule has 0 fully saturated rings. The highest BCUT2D eigenvalue weighted by Gasteiger charge is 2.05. The molecule has 1 heterocycles. The van der Waals surface area contributed by atoms with Gasteiger partial charge in [-0.1, -0.05) is 33.3 Å². The third-order valence-electron chi connectivity index (χ3n) is 1.98. The molecular formula is C10H9BrN2S. The summed E-state index contributed by atoms with van der Waals surface area (Å²) in [6, 6.07) is 6.19. The van der Waals surface area contributed by atoms with Crippen LogP contribution in [0.25, 0.3) is 10.4 Å². The Morgan fingerprint density at radius 3 is 2.79 bits per heavy atom. The zero-order valence-electron chi connectivity index (χ0n) is 7.62. The van der Waals surface area contributed by atoms with E-state index in [1.807, 2.05) is 12.3 Å². The lowest BCUT2D eigenvalue weighted by atomic mass is 10.1. The van der Waals surface area contributed by atoms with Crippen LogP contribution in [-0.4, -0.2) is 4.98 Å². The summed E-state index contributed by atoms with van der Waals surface area (Å²) >= 11 is 4.95. The van der Waals surface area contributed by atoms with E-state index < -0.39 is 0 Å². The summed E-state index contributed by atoms with van der Waals surface area (Å²) in [4.78, 5) is 5.16. The summed E-state index contributed by atoms with van der Waals surface area (Å²) in [6.45, 7) is 2.08. The molecule has 0 amide bonds. The van der Waals surface area contributed by atoms with Gasteiger partial charge in [0.05, 0.1) is 4.88 Å². The Bertz CT molecular complexity index is 465. The summed E-state index contributed by atoms with van der Waals surface area (Å²) in [5.41, 5.74) is 8.02. The van der Waals surface area contributed by atoms with E-state index in [2.05, 4.69) is 40.0 Å². The molecule has 2 N–H and O–H groups in total. The fourth-order valence-corrected chi connectivity index (χ4v) is 2.57. The third kappa shape index (κ3) is 1.81. The number of nitrogens with two attached hydrogens (primary N) is 1. The van der Waals surface area contributed by atoms with Crippen LogP contribution in [0.5, 0.6) is 0 Å². The van der Waals surface area contributed by atoms with E-state index in [1.54, 1.807) is 0 Å². The molecule has 0 unspecified atom stereocenters. The topological polar surface area (TPSA) is 38.9 Å². The normalized spacial score (nSPS) is 10.4. The quantitative estimate of drug-likeness (QED) is 0.861. The van der Waals surface area contributed by atoms with Gasteiger partial charge in [-0.3, -0.25) is 0 Å². The lowest BCUT2D eigenvalue weighted by Gasteiger charge is -2.02. The number of aryl methyl sites for hydroxylation is 1. The first-order valence-corrected chi connectivity index (χ1v) is 5.75. The molecule has 0 spiro atoms.